The van der Waals surface area contributed by atoms with E-state index in [0.29, 0.717) is 24.7 Å². The number of ether oxygens (including phenoxy) is 2. The number of nitrogens with zero attached hydrogens (tertiary/aromatic N) is 5. The molecule has 34 heavy (non-hydrogen) atoms. The number of hydrogen-bond donors (Lipinski definition) is 2. The van der Waals surface area contributed by atoms with Crippen LogP contribution in [-0.4, -0.2) is 70.2 Å². The van der Waals surface area contributed by atoms with Gasteiger partial charge >= 0.3 is 0 Å². The predicted octanol–water partition coefficient (Wildman–Crippen LogP) is 3.06. The molecule has 3 heterocycles. The van der Waals surface area contributed by atoms with Gasteiger partial charge in [-0.05, 0) is 31.7 Å². The van der Waals surface area contributed by atoms with Gasteiger partial charge in [0.2, 0.25) is 5.95 Å². The van der Waals surface area contributed by atoms with Crippen molar-refractivity contribution in [1.82, 2.24) is 19.9 Å². The summed E-state index contributed by atoms with van der Waals surface area (Å²) in [5.74, 6) is 1.26. The maximum absolute atomic E-state index is 12.6. The third-order valence-corrected chi connectivity index (χ3v) is 6.40. The van der Waals surface area contributed by atoms with E-state index in [0.717, 1.165) is 61.2 Å². The van der Waals surface area contributed by atoms with Crippen LogP contribution in [-0.2, 0) is 4.74 Å². The molecule has 0 amide bonds. The zero-order chi connectivity index (χ0) is 23.3. The highest BCUT2D eigenvalue weighted by molar-refractivity contribution is 5.85. The van der Waals surface area contributed by atoms with Crippen molar-refractivity contribution in [2.24, 2.45) is 0 Å². The molecule has 1 aliphatic heterocycles. The Labute approximate surface area is 197 Å². The molecule has 180 valence electrons. The second kappa shape index (κ2) is 10.4. The van der Waals surface area contributed by atoms with Gasteiger partial charge in [0, 0.05) is 61.2 Å². The second-order valence-electron chi connectivity index (χ2n) is 8.71. The van der Waals surface area contributed by atoms with Crippen LogP contribution in [0.3, 0.4) is 0 Å². The highest BCUT2D eigenvalue weighted by Gasteiger charge is 2.25. The van der Waals surface area contributed by atoms with Gasteiger partial charge in [0.25, 0.3) is 0 Å². The van der Waals surface area contributed by atoms with Crippen LogP contribution in [0, 0.1) is 0 Å². The average Bonchev–Trinajstić information content (AvgIpc) is 2.90. The van der Waals surface area contributed by atoms with Gasteiger partial charge in [-0.1, -0.05) is 0 Å². The van der Waals surface area contributed by atoms with Gasteiger partial charge in [0.05, 0.1) is 24.8 Å². The minimum Gasteiger partial charge on any atom is -0.488 e. The summed E-state index contributed by atoms with van der Waals surface area (Å²) in [5.41, 5.74) is 3.07. The van der Waals surface area contributed by atoms with E-state index in [2.05, 4.69) is 42.3 Å². The van der Waals surface area contributed by atoms with Crippen LogP contribution in [0.2, 0.25) is 0 Å². The number of alkyl halides is 1. The number of aromatic nitrogens is 4. The highest BCUT2D eigenvalue weighted by Crippen LogP contribution is 2.33. The Bertz CT molecular complexity index is 1090. The first-order valence-corrected chi connectivity index (χ1v) is 11.8. The number of hydrogen-bond acceptors (Lipinski definition) is 9. The van der Waals surface area contributed by atoms with Crippen molar-refractivity contribution < 1.29 is 19.0 Å². The first-order valence-electron chi connectivity index (χ1n) is 11.8. The van der Waals surface area contributed by atoms with E-state index in [-0.39, 0.29) is 12.1 Å². The predicted molar refractivity (Wildman–Crippen MR) is 126 cm³/mol. The summed E-state index contributed by atoms with van der Waals surface area (Å²) in [6.07, 6.45) is 8.84. The lowest BCUT2D eigenvalue weighted by Gasteiger charge is -2.31. The van der Waals surface area contributed by atoms with Crippen molar-refractivity contribution >= 4 is 22.7 Å². The Morgan fingerprint density at radius 1 is 1.06 bits per heavy atom. The van der Waals surface area contributed by atoms with E-state index < -0.39 is 12.8 Å². The van der Waals surface area contributed by atoms with Gasteiger partial charge in [-0.3, -0.25) is 4.98 Å². The van der Waals surface area contributed by atoms with Gasteiger partial charge in [-0.2, -0.15) is 0 Å². The fourth-order valence-corrected chi connectivity index (χ4v) is 4.48. The third kappa shape index (κ3) is 5.18. The van der Waals surface area contributed by atoms with Crippen molar-refractivity contribution in [2.45, 2.75) is 43.9 Å². The molecule has 3 aromatic rings. The van der Waals surface area contributed by atoms with E-state index in [1.807, 2.05) is 0 Å². The number of benzene rings is 1. The lowest BCUT2D eigenvalue weighted by atomic mass is 9.93. The fraction of sp³-hybridized carbons (Fsp3) is 0.500. The normalized spacial score (nSPS) is 21.9. The van der Waals surface area contributed by atoms with Crippen molar-refractivity contribution in [3.05, 3.63) is 42.5 Å². The van der Waals surface area contributed by atoms with Crippen molar-refractivity contribution in [1.29, 1.82) is 0 Å². The molecule has 2 aromatic heterocycles. The van der Waals surface area contributed by atoms with Crippen LogP contribution < -0.4 is 15.0 Å². The number of aliphatic hydroxyl groups excluding tert-OH is 1. The zero-order valence-electron chi connectivity index (χ0n) is 18.9. The largest absolute Gasteiger partial charge is 0.488 e. The molecule has 2 fully saturated rings. The number of aliphatic hydroxyl groups is 1. The summed E-state index contributed by atoms with van der Waals surface area (Å²) in [5, 5.41) is 12.9. The Hall–Kier alpha value is -3.11. The summed E-state index contributed by atoms with van der Waals surface area (Å²) in [4.78, 5) is 19.8. The average molecular weight is 469 g/mol. The molecule has 10 heteroatoms. The lowest BCUT2D eigenvalue weighted by Crippen LogP contribution is -2.36. The van der Waals surface area contributed by atoms with Gasteiger partial charge < -0.3 is 24.8 Å². The number of rotatable bonds is 7. The second-order valence-corrected chi connectivity index (χ2v) is 8.71. The minimum atomic E-state index is -1.18. The summed E-state index contributed by atoms with van der Waals surface area (Å²) >= 11 is 0. The first kappa shape index (κ1) is 22.7. The molecule has 0 radical (unpaired) electrons. The summed E-state index contributed by atoms with van der Waals surface area (Å²) in [7, 11) is 0. The van der Waals surface area contributed by atoms with Crippen LogP contribution in [0.4, 0.5) is 16.0 Å². The Balaban J connectivity index is 1.22. The molecule has 2 aliphatic rings. The maximum Gasteiger partial charge on any atom is 0.222 e. The van der Waals surface area contributed by atoms with Crippen molar-refractivity contribution in [2.75, 3.05) is 43.2 Å². The first-order chi connectivity index (χ1) is 16.7. The van der Waals surface area contributed by atoms with E-state index in [9.17, 15) is 9.50 Å². The zero-order valence-corrected chi connectivity index (χ0v) is 18.9. The fourth-order valence-electron chi connectivity index (χ4n) is 4.48. The third-order valence-electron chi connectivity index (χ3n) is 6.40. The summed E-state index contributed by atoms with van der Waals surface area (Å²) in [6, 6.07) is 4.38. The van der Waals surface area contributed by atoms with Gasteiger partial charge in [-0.25, -0.2) is 19.3 Å². The van der Waals surface area contributed by atoms with Crippen LogP contribution in [0.15, 0.2) is 36.9 Å². The molecule has 0 bridgehead atoms. The summed E-state index contributed by atoms with van der Waals surface area (Å²) in [6.45, 7) is 2.27. The quantitative estimate of drug-likeness (QED) is 0.541. The molecule has 1 saturated carbocycles. The lowest BCUT2D eigenvalue weighted by molar-refractivity contribution is 0.122. The maximum atomic E-state index is 12.6. The minimum absolute atomic E-state index is 0.0891. The molecular weight excluding hydrogens is 439 g/mol. The van der Waals surface area contributed by atoms with E-state index in [1.165, 1.54) is 12.4 Å². The molecular formula is C24H29FN6O3. The number of halogens is 1. The van der Waals surface area contributed by atoms with Crippen molar-refractivity contribution in [3.8, 4) is 5.75 Å². The van der Waals surface area contributed by atoms with Crippen molar-refractivity contribution in [3.63, 3.8) is 0 Å². The molecule has 2 N–H and O–H groups in total. The Kier molecular flexibility index (Phi) is 6.96. The Morgan fingerprint density at radius 2 is 1.79 bits per heavy atom. The molecule has 1 saturated heterocycles. The number of anilines is 2. The highest BCUT2D eigenvalue weighted by atomic mass is 19.1. The van der Waals surface area contributed by atoms with E-state index in [1.54, 1.807) is 12.4 Å². The van der Waals surface area contributed by atoms with Crippen LogP contribution in [0.5, 0.6) is 5.75 Å². The van der Waals surface area contributed by atoms with E-state index in [4.69, 9.17) is 9.47 Å². The smallest absolute Gasteiger partial charge is 0.222 e. The molecule has 0 unspecified atom stereocenters. The van der Waals surface area contributed by atoms with Crippen LogP contribution >= 0.6 is 0 Å². The molecule has 5 rings (SSSR count). The van der Waals surface area contributed by atoms with Crippen LogP contribution in [0.25, 0.3) is 11.0 Å². The standard InChI is InChI=1S/C24H29FN6O3/c25-13-21(32)16-14-28-24(29-15-16)30-17-1-3-19(4-2-17)34-22-12-18(31-7-9-33-10-8-31)11-20-23(22)27-6-5-26-20/h5-6,11-12,14-15,17,19,21,32H,1-4,7-10,13H2,(H,28,29,30)/t17?,19?,21-/m0/s1. The van der Waals surface area contributed by atoms with E-state index >= 15 is 0 Å². The van der Waals surface area contributed by atoms with Gasteiger partial charge in [-0.15, -0.1) is 0 Å². The molecule has 0 spiro atoms. The monoisotopic (exact) mass is 468 g/mol. The van der Waals surface area contributed by atoms with Crippen LogP contribution in [0.1, 0.15) is 37.4 Å². The SMILES string of the molecule is O[C@@H](CF)c1cnc(NC2CCC(Oc3cc(N4CCOCC4)cc4nccnc34)CC2)nc1. The molecule has 9 nitrogen and oxygen atoms in total. The molecule has 1 aromatic carbocycles. The number of fused-ring (bicyclic) bond motifs is 1. The van der Waals surface area contributed by atoms with Gasteiger partial charge in [0.15, 0.2) is 0 Å². The topological polar surface area (TPSA) is 106 Å². The van der Waals surface area contributed by atoms with Gasteiger partial charge in [0.1, 0.15) is 24.0 Å². The number of nitrogens with one attached hydrogen (secondary N) is 1. The number of morpholine rings is 1. The molecule has 1 aliphatic carbocycles. The Morgan fingerprint density at radius 3 is 2.53 bits per heavy atom. The summed E-state index contributed by atoms with van der Waals surface area (Å²) < 4.78 is 24.6. The molecule has 1 atom stereocenters.